The number of benzene rings is 1. The van der Waals surface area contributed by atoms with Crippen molar-refractivity contribution in [3.8, 4) is 11.3 Å². The summed E-state index contributed by atoms with van der Waals surface area (Å²) in [4.78, 5) is 28.0. The Balaban J connectivity index is 0.000000242. The van der Waals surface area contributed by atoms with Crippen LogP contribution in [0, 0.1) is 5.92 Å². The highest BCUT2D eigenvalue weighted by Crippen LogP contribution is 2.39. The van der Waals surface area contributed by atoms with E-state index in [1.807, 2.05) is 11.3 Å². The van der Waals surface area contributed by atoms with Crippen LogP contribution < -0.4 is 0 Å². The number of aromatic nitrogens is 1. The van der Waals surface area contributed by atoms with Crippen molar-refractivity contribution in [3.63, 3.8) is 0 Å². The minimum absolute atomic E-state index is 0.558. The quantitative estimate of drug-likeness (QED) is 0.653. The van der Waals surface area contributed by atoms with Crippen LogP contribution in [-0.2, 0) is 22.4 Å². The van der Waals surface area contributed by atoms with Crippen LogP contribution in [0.4, 0.5) is 0 Å². The number of piperidine rings is 1. The fourth-order valence-electron chi connectivity index (χ4n) is 3.73. The van der Waals surface area contributed by atoms with E-state index in [1.165, 1.54) is 59.1 Å². The molecule has 1 aliphatic heterocycles. The summed E-state index contributed by atoms with van der Waals surface area (Å²) in [6, 6.07) is 8.72. The van der Waals surface area contributed by atoms with Crippen LogP contribution in [0.2, 0.25) is 0 Å². The molecule has 1 aromatic carbocycles. The number of hydrogen-bond acceptors (Lipinski definition) is 5. The second kappa shape index (κ2) is 9.12. The SMILES string of the molecule is CN1CCCC(Cc2nc3c(s2)Cc2ccccc2-3)C1.O=C(O)/C=C/C(=O)O. The van der Waals surface area contributed by atoms with Crippen LogP contribution in [0.1, 0.15) is 28.3 Å². The maximum atomic E-state index is 9.55. The van der Waals surface area contributed by atoms with Crippen LogP contribution in [0.15, 0.2) is 36.4 Å². The number of carboxylic acid groups (broad SMARTS) is 2. The smallest absolute Gasteiger partial charge is 0.328 e. The number of carbonyl (C=O) groups is 2. The van der Waals surface area contributed by atoms with E-state index in [9.17, 15) is 9.59 Å². The summed E-state index contributed by atoms with van der Waals surface area (Å²) >= 11 is 1.94. The monoisotopic (exact) mass is 400 g/mol. The fraction of sp³-hybridized carbons (Fsp3) is 0.381. The number of nitrogens with zero attached hydrogens (tertiary/aromatic N) is 2. The third kappa shape index (κ3) is 5.27. The van der Waals surface area contributed by atoms with E-state index in [0.717, 1.165) is 12.3 Å². The van der Waals surface area contributed by atoms with E-state index in [1.54, 1.807) is 0 Å². The highest BCUT2D eigenvalue weighted by Gasteiger charge is 2.25. The predicted molar refractivity (Wildman–Crippen MR) is 109 cm³/mol. The van der Waals surface area contributed by atoms with Gasteiger partial charge in [-0.05, 0) is 37.9 Å². The Morgan fingerprint density at radius 1 is 1.25 bits per heavy atom. The number of rotatable bonds is 4. The van der Waals surface area contributed by atoms with Gasteiger partial charge in [-0.3, -0.25) is 0 Å². The van der Waals surface area contributed by atoms with Gasteiger partial charge in [-0.25, -0.2) is 14.6 Å². The molecule has 1 saturated heterocycles. The van der Waals surface area contributed by atoms with Gasteiger partial charge in [0.2, 0.25) is 0 Å². The molecule has 1 atom stereocenters. The largest absolute Gasteiger partial charge is 0.478 e. The lowest BCUT2D eigenvalue weighted by Crippen LogP contribution is -2.32. The molecule has 1 unspecified atom stereocenters. The van der Waals surface area contributed by atoms with E-state index in [-0.39, 0.29) is 0 Å². The first-order chi connectivity index (χ1) is 13.4. The molecule has 7 heteroatoms. The Morgan fingerprint density at radius 3 is 2.64 bits per heavy atom. The zero-order valence-corrected chi connectivity index (χ0v) is 16.6. The van der Waals surface area contributed by atoms with Crippen LogP contribution in [0.25, 0.3) is 11.3 Å². The summed E-state index contributed by atoms with van der Waals surface area (Å²) in [7, 11) is 2.24. The van der Waals surface area contributed by atoms with Crippen LogP contribution in [0.3, 0.4) is 0 Å². The summed E-state index contributed by atoms with van der Waals surface area (Å²) in [6.07, 6.45) is 6.09. The van der Waals surface area contributed by atoms with E-state index in [0.29, 0.717) is 12.2 Å². The Kier molecular flexibility index (Phi) is 6.59. The van der Waals surface area contributed by atoms with Crippen LogP contribution in [-0.4, -0.2) is 52.2 Å². The predicted octanol–water partition coefficient (Wildman–Crippen LogP) is 3.31. The van der Waals surface area contributed by atoms with E-state index in [2.05, 4.69) is 36.2 Å². The van der Waals surface area contributed by atoms with Crippen molar-refractivity contribution in [1.29, 1.82) is 0 Å². The van der Waals surface area contributed by atoms with Gasteiger partial charge in [0.25, 0.3) is 0 Å². The zero-order chi connectivity index (χ0) is 20.1. The van der Waals surface area contributed by atoms with Crippen molar-refractivity contribution in [2.24, 2.45) is 5.92 Å². The zero-order valence-electron chi connectivity index (χ0n) is 15.8. The van der Waals surface area contributed by atoms with Crippen molar-refractivity contribution >= 4 is 23.3 Å². The summed E-state index contributed by atoms with van der Waals surface area (Å²) in [5, 5.41) is 17.0. The molecule has 2 N–H and O–H groups in total. The molecule has 1 fully saturated rings. The van der Waals surface area contributed by atoms with Crippen molar-refractivity contribution in [2.75, 3.05) is 20.1 Å². The van der Waals surface area contributed by atoms with Crippen LogP contribution >= 0.6 is 11.3 Å². The Bertz CT molecular complexity index is 874. The third-order valence-electron chi connectivity index (χ3n) is 4.92. The highest BCUT2D eigenvalue weighted by molar-refractivity contribution is 7.12. The summed E-state index contributed by atoms with van der Waals surface area (Å²) < 4.78 is 0. The van der Waals surface area contributed by atoms with Crippen molar-refractivity contribution in [1.82, 2.24) is 9.88 Å². The molecule has 2 aliphatic rings. The first-order valence-corrected chi connectivity index (χ1v) is 10.1. The van der Waals surface area contributed by atoms with Gasteiger partial charge in [0.1, 0.15) is 0 Å². The van der Waals surface area contributed by atoms with E-state index < -0.39 is 11.9 Å². The molecule has 2 aromatic rings. The number of fused-ring (bicyclic) bond motifs is 3. The third-order valence-corrected chi connectivity index (χ3v) is 6.00. The molecule has 6 nitrogen and oxygen atoms in total. The Morgan fingerprint density at radius 2 is 1.96 bits per heavy atom. The second-order valence-electron chi connectivity index (χ2n) is 7.20. The molecule has 148 valence electrons. The molecular weight excluding hydrogens is 376 g/mol. The van der Waals surface area contributed by atoms with Gasteiger partial charge >= 0.3 is 11.9 Å². The van der Waals surface area contributed by atoms with E-state index >= 15 is 0 Å². The number of carboxylic acids is 2. The molecule has 0 saturated carbocycles. The molecular formula is C21H24N2O4S. The topological polar surface area (TPSA) is 90.7 Å². The first kappa shape index (κ1) is 20.2. The van der Waals surface area contributed by atoms with Crippen molar-refractivity contribution in [3.05, 3.63) is 51.9 Å². The summed E-state index contributed by atoms with van der Waals surface area (Å²) in [6.45, 7) is 2.50. The van der Waals surface area contributed by atoms with Gasteiger partial charge in [-0.15, -0.1) is 11.3 Å². The van der Waals surface area contributed by atoms with Gasteiger partial charge in [-0.1, -0.05) is 24.3 Å². The van der Waals surface area contributed by atoms with Crippen molar-refractivity contribution in [2.45, 2.75) is 25.7 Å². The minimum atomic E-state index is -1.26. The molecule has 0 spiro atoms. The number of thiazole rings is 1. The normalized spacial score (nSPS) is 18.2. The second-order valence-corrected chi connectivity index (χ2v) is 8.37. The molecule has 1 aromatic heterocycles. The standard InChI is InChI=1S/C17H20N2S.C4H4O4/c1-19-8-4-5-12(11-19)9-16-18-17-14-7-3-2-6-13(14)10-15(17)20-16;5-3(6)1-2-4(7)8/h2-3,6-7,12H,4-5,8-11H2,1H3;1-2H,(H,5,6)(H,7,8)/b;2-1+. The lowest BCUT2D eigenvalue weighted by Gasteiger charge is -2.29. The average Bonchev–Trinajstić information content (AvgIpc) is 3.18. The number of likely N-dealkylation sites (tertiary alicyclic amines) is 1. The maximum Gasteiger partial charge on any atom is 0.328 e. The van der Waals surface area contributed by atoms with Crippen LogP contribution in [0.5, 0.6) is 0 Å². The Labute approximate surface area is 168 Å². The lowest BCUT2D eigenvalue weighted by molar-refractivity contribution is -0.134. The number of hydrogen-bond donors (Lipinski definition) is 2. The lowest BCUT2D eigenvalue weighted by atomic mass is 9.95. The highest BCUT2D eigenvalue weighted by atomic mass is 32.1. The summed E-state index contributed by atoms with van der Waals surface area (Å²) in [5.74, 6) is -1.71. The van der Waals surface area contributed by atoms with Gasteiger partial charge in [0.05, 0.1) is 10.7 Å². The molecule has 0 bridgehead atoms. The maximum absolute atomic E-state index is 9.55. The van der Waals surface area contributed by atoms with Gasteiger partial charge in [0, 0.05) is 42.0 Å². The molecule has 0 amide bonds. The first-order valence-electron chi connectivity index (χ1n) is 9.31. The number of aliphatic carboxylic acids is 2. The fourth-order valence-corrected chi connectivity index (χ4v) is 4.95. The molecule has 0 radical (unpaired) electrons. The Hall–Kier alpha value is -2.51. The molecule has 28 heavy (non-hydrogen) atoms. The molecule has 1 aliphatic carbocycles. The average molecular weight is 401 g/mol. The summed E-state index contributed by atoms with van der Waals surface area (Å²) in [5.41, 5.74) is 4.08. The van der Waals surface area contributed by atoms with Gasteiger partial charge in [0.15, 0.2) is 0 Å². The molecule has 2 heterocycles. The van der Waals surface area contributed by atoms with E-state index in [4.69, 9.17) is 15.2 Å². The van der Waals surface area contributed by atoms with Crippen molar-refractivity contribution < 1.29 is 19.8 Å². The van der Waals surface area contributed by atoms with Gasteiger partial charge < -0.3 is 15.1 Å². The molecule has 4 rings (SSSR count). The minimum Gasteiger partial charge on any atom is -0.478 e. The van der Waals surface area contributed by atoms with Gasteiger partial charge in [-0.2, -0.15) is 0 Å².